The summed E-state index contributed by atoms with van der Waals surface area (Å²) in [4.78, 5) is 0. The van der Waals surface area contributed by atoms with Crippen molar-refractivity contribution >= 4 is 43.5 Å². The number of hydrogen-bond acceptors (Lipinski definition) is 2. The van der Waals surface area contributed by atoms with Crippen molar-refractivity contribution in [3.05, 3.63) is 61.0 Å². The molecule has 2 rings (SSSR count). The van der Waals surface area contributed by atoms with E-state index >= 15 is 0 Å². The molecule has 0 amide bonds. The van der Waals surface area contributed by atoms with Gasteiger partial charge in [0.15, 0.2) is 0 Å². The monoisotopic (exact) mass is 431 g/mol. The Balaban J connectivity index is 2.55. The number of methoxy groups -OCH3 is 1. The highest BCUT2D eigenvalue weighted by atomic mass is 79.9. The number of nitrogens with one attached hydrogen (secondary N) is 1. The predicted molar refractivity (Wildman–Crippen MR) is 95.5 cm³/mol. The second-order valence-corrected chi connectivity index (χ2v) is 6.85. The van der Waals surface area contributed by atoms with E-state index in [-0.39, 0.29) is 6.04 Å². The van der Waals surface area contributed by atoms with Crippen molar-refractivity contribution in [2.75, 3.05) is 14.2 Å². The third kappa shape index (κ3) is 3.62. The minimum absolute atomic E-state index is 0.00227. The summed E-state index contributed by atoms with van der Waals surface area (Å²) < 4.78 is 7.48. The Kier molecular flexibility index (Phi) is 5.72. The zero-order chi connectivity index (χ0) is 15.6. The molecular formula is C16H16Br2ClNO. The fraction of sp³-hybridized carbons (Fsp3) is 0.250. The van der Waals surface area contributed by atoms with Crippen LogP contribution in [0.25, 0.3) is 0 Å². The number of ether oxygens (including phenoxy) is 1. The molecule has 21 heavy (non-hydrogen) atoms. The first-order valence-corrected chi connectivity index (χ1v) is 8.40. The van der Waals surface area contributed by atoms with Gasteiger partial charge in [-0.05, 0) is 65.3 Å². The van der Waals surface area contributed by atoms with E-state index in [1.165, 1.54) is 0 Å². The van der Waals surface area contributed by atoms with Crippen LogP contribution in [-0.4, -0.2) is 14.2 Å². The third-order valence-corrected chi connectivity index (χ3v) is 5.47. The summed E-state index contributed by atoms with van der Waals surface area (Å²) in [6.07, 6.45) is 0. The molecule has 0 radical (unpaired) electrons. The molecule has 0 aliphatic heterocycles. The Morgan fingerprint density at radius 2 is 1.86 bits per heavy atom. The average molecular weight is 434 g/mol. The van der Waals surface area contributed by atoms with Crippen molar-refractivity contribution in [3.8, 4) is 5.75 Å². The lowest BCUT2D eigenvalue weighted by atomic mass is 9.97. The van der Waals surface area contributed by atoms with Crippen molar-refractivity contribution in [3.63, 3.8) is 0 Å². The van der Waals surface area contributed by atoms with Crippen LogP contribution in [0.1, 0.15) is 22.7 Å². The van der Waals surface area contributed by atoms with Gasteiger partial charge in [0, 0.05) is 14.5 Å². The molecule has 1 N–H and O–H groups in total. The Labute approximate surface area is 147 Å². The Bertz CT molecular complexity index is 661. The molecule has 5 heteroatoms. The van der Waals surface area contributed by atoms with Gasteiger partial charge < -0.3 is 10.1 Å². The van der Waals surface area contributed by atoms with Crippen LogP contribution in [0.15, 0.2) is 39.3 Å². The summed E-state index contributed by atoms with van der Waals surface area (Å²) >= 11 is 13.2. The molecule has 0 saturated heterocycles. The van der Waals surface area contributed by atoms with E-state index < -0.39 is 0 Å². The van der Waals surface area contributed by atoms with Crippen molar-refractivity contribution in [2.45, 2.75) is 13.0 Å². The van der Waals surface area contributed by atoms with Crippen LogP contribution in [0, 0.1) is 6.92 Å². The lowest BCUT2D eigenvalue weighted by Gasteiger charge is -2.21. The molecule has 2 aromatic rings. The average Bonchev–Trinajstić information content (AvgIpc) is 2.46. The maximum absolute atomic E-state index is 6.22. The Morgan fingerprint density at radius 3 is 2.43 bits per heavy atom. The fourth-order valence-electron chi connectivity index (χ4n) is 2.27. The van der Waals surface area contributed by atoms with Gasteiger partial charge in [-0.1, -0.05) is 33.6 Å². The first-order valence-electron chi connectivity index (χ1n) is 6.44. The highest BCUT2D eigenvalue weighted by Gasteiger charge is 2.19. The topological polar surface area (TPSA) is 21.3 Å². The molecule has 0 bridgehead atoms. The summed E-state index contributed by atoms with van der Waals surface area (Å²) in [5, 5.41) is 4.02. The SMILES string of the molecule is CNC(c1ccc(Br)c(Cl)c1)c1cc(Br)c(C)cc1OC. The normalized spacial score (nSPS) is 12.3. The quantitative estimate of drug-likeness (QED) is 0.688. The molecule has 2 aromatic carbocycles. The molecule has 0 saturated carbocycles. The van der Waals surface area contributed by atoms with Gasteiger partial charge in [0.2, 0.25) is 0 Å². The lowest BCUT2D eigenvalue weighted by molar-refractivity contribution is 0.405. The van der Waals surface area contributed by atoms with E-state index in [1.807, 2.05) is 38.2 Å². The van der Waals surface area contributed by atoms with Crippen molar-refractivity contribution in [1.29, 1.82) is 0 Å². The summed E-state index contributed by atoms with van der Waals surface area (Å²) in [5.74, 6) is 0.856. The molecule has 2 nitrogen and oxygen atoms in total. The number of benzene rings is 2. The van der Waals surface area contributed by atoms with Gasteiger partial charge in [-0.15, -0.1) is 0 Å². The van der Waals surface area contributed by atoms with Crippen molar-refractivity contribution in [2.24, 2.45) is 0 Å². The van der Waals surface area contributed by atoms with Crippen LogP contribution in [-0.2, 0) is 0 Å². The van der Waals surface area contributed by atoms with Crippen molar-refractivity contribution < 1.29 is 4.74 Å². The van der Waals surface area contributed by atoms with Crippen LogP contribution in [0.5, 0.6) is 5.75 Å². The van der Waals surface area contributed by atoms with Crippen LogP contribution in [0.4, 0.5) is 0 Å². The Morgan fingerprint density at radius 1 is 1.14 bits per heavy atom. The highest BCUT2D eigenvalue weighted by molar-refractivity contribution is 9.10. The minimum Gasteiger partial charge on any atom is -0.496 e. The summed E-state index contributed by atoms with van der Waals surface area (Å²) in [5.41, 5.74) is 3.29. The van der Waals surface area contributed by atoms with Crippen LogP contribution < -0.4 is 10.1 Å². The number of aryl methyl sites for hydroxylation is 1. The van der Waals surface area contributed by atoms with E-state index in [0.717, 1.165) is 31.4 Å². The predicted octanol–water partition coefficient (Wildman–Crippen LogP) is 5.49. The van der Waals surface area contributed by atoms with Crippen molar-refractivity contribution in [1.82, 2.24) is 5.32 Å². The molecule has 0 aliphatic carbocycles. The van der Waals surface area contributed by atoms with E-state index in [0.29, 0.717) is 5.02 Å². The Hall–Kier alpha value is -0.550. The smallest absolute Gasteiger partial charge is 0.124 e. The number of halogens is 3. The van der Waals surface area contributed by atoms with E-state index in [2.05, 4.69) is 43.2 Å². The number of rotatable bonds is 4. The maximum Gasteiger partial charge on any atom is 0.124 e. The fourth-order valence-corrected chi connectivity index (χ4v) is 3.06. The summed E-state index contributed by atoms with van der Waals surface area (Å²) in [6, 6.07) is 10.1. The van der Waals surface area contributed by atoms with E-state index in [4.69, 9.17) is 16.3 Å². The highest BCUT2D eigenvalue weighted by Crippen LogP contribution is 2.36. The standard InChI is InChI=1S/C16H16Br2ClNO/c1-9-6-15(21-3)11(8-13(9)18)16(20-2)10-4-5-12(17)14(19)7-10/h4-8,16,20H,1-3H3. The van der Waals surface area contributed by atoms with E-state index in [1.54, 1.807) is 7.11 Å². The largest absolute Gasteiger partial charge is 0.496 e. The molecule has 0 aliphatic rings. The van der Waals surface area contributed by atoms with Crippen LogP contribution in [0.3, 0.4) is 0 Å². The van der Waals surface area contributed by atoms with Crippen LogP contribution in [0.2, 0.25) is 5.02 Å². The molecule has 0 aromatic heterocycles. The molecule has 0 fully saturated rings. The van der Waals surface area contributed by atoms with Gasteiger partial charge in [-0.3, -0.25) is 0 Å². The van der Waals surface area contributed by atoms with Gasteiger partial charge in [0.05, 0.1) is 18.2 Å². The minimum atomic E-state index is 0.00227. The second-order valence-electron chi connectivity index (χ2n) is 4.74. The number of hydrogen-bond donors (Lipinski definition) is 1. The molecular weight excluding hydrogens is 417 g/mol. The first kappa shape index (κ1) is 16.8. The zero-order valence-electron chi connectivity index (χ0n) is 12.0. The summed E-state index contributed by atoms with van der Waals surface area (Å²) in [7, 11) is 3.61. The third-order valence-electron chi connectivity index (χ3n) is 3.39. The zero-order valence-corrected chi connectivity index (χ0v) is 15.9. The van der Waals surface area contributed by atoms with Gasteiger partial charge in [0.25, 0.3) is 0 Å². The second kappa shape index (κ2) is 7.14. The molecule has 1 atom stereocenters. The van der Waals surface area contributed by atoms with Gasteiger partial charge >= 0.3 is 0 Å². The summed E-state index contributed by atoms with van der Waals surface area (Å²) in [6.45, 7) is 2.04. The van der Waals surface area contributed by atoms with Crippen LogP contribution >= 0.6 is 43.5 Å². The molecule has 0 heterocycles. The lowest BCUT2D eigenvalue weighted by Crippen LogP contribution is -2.18. The first-order chi connectivity index (χ1) is 9.97. The molecule has 112 valence electrons. The maximum atomic E-state index is 6.22. The molecule has 1 unspecified atom stereocenters. The van der Waals surface area contributed by atoms with E-state index in [9.17, 15) is 0 Å². The van der Waals surface area contributed by atoms with Gasteiger partial charge in [-0.25, -0.2) is 0 Å². The van der Waals surface area contributed by atoms with Gasteiger partial charge in [-0.2, -0.15) is 0 Å². The van der Waals surface area contributed by atoms with Gasteiger partial charge in [0.1, 0.15) is 5.75 Å². The molecule has 0 spiro atoms.